The average Bonchev–Trinajstić information content (AvgIpc) is 2.97. The molecule has 0 bridgehead atoms. The number of anilines is 1. The lowest BCUT2D eigenvalue weighted by atomic mass is 10.4. The van der Waals surface area contributed by atoms with E-state index in [1.807, 2.05) is 6.92 Å². The second-order valence-electron chi connectivity index (χ2n) is 4.46. The van der Waals surface area contributed by atoms with E-state index < -0.39 is 0 Å². The summed E-state index contributed by atoms with van der Waals surface area (Å²) in [6, 6.07) is 1.75. The van der Waals surface area contributed by atoms with E-state index in [0.717, 1.165) is 0 Å². The van der Waals surface area contributed by atoms with Crippen molar-refractivity contribution in [3.05, 3.63) is 23.7 Å². The van der Waals surface area contributed by atoms with Crippen LogP contribution in [-0.4, -0.2) is 62.7 Å². The third-order valence-electron chi connectivity index (χ3n) is 2.78. The number of amides is 1. The molecular formula is C12H16ClN7O. The highest BCUT2D eigenvalue weighted by atomic mass is 35.5. The Kier molecular flexibility index (Phi) is 4.69. The molecule has 2 aromatic rings. The molecule has 2 rings (SSSR count). The van der Waals surface area contributed by atoms with Gasteiger partial charge in [-0.3, -0.25) is 4.79 Å². The quantitative estimate of drug-likeness (QED) is 0.806. The number of nitrogens with zero attached hydrogens (tertiary/aromatic N) is 7. The van der Waals surface area contributed by atoms with Crippen molar-refractivity contribution in [2.24, 2.45) is 0 Å². The summed E-state index contributed by atoms with van der Waals surface area (Å²) in [5, 5.41) is 4.11. The summed E-state index contributed by atoms with van der Waals surface area (Å²) in [7, 11) is 3.40. The second-order valence-corrected chi connectivity index (χ2v) is 4.80. The van der Waals surface area contributed by atoms with Gasteiger partial charge in [0.25, 0.3) is 5.95 Å². The molecule has 0 fully saturated rings. The molecule has 0 atom stereocenters. The maximum absolute atomic E-state index is 11.8. The van der Waals surface area contributed by atoms with Crippen LogP contribution < -0.4 is 4.90 Å². The summed E-state index contributed by atoms with van der Waals surface area (Å²) >= 11 is 5.94. The zero-order valence-corrected chi connectivity index (χ0v) is 12.8. The van der Waals surface area contributed by atoms with Crippen molar-refractivity contribution < 1.29 is 4.79 Å². The fraction of sp³-hybridized carbons (Fsp3) is 0.417. The van der Waals surface area contributed by atoms with E-state index in [9.17, 15) is 4.79 Å². The molecule has 0 radical (unpaired) electrons. The highest BCUT2D eigenvalue weighted by Crippen LogP contribution is 2.13. The minimum atomic E-state index is -0.0472. The van der Waals surface area contributed by atoms with Crippen LogP contribution in [0.4, 0.5) is 5.95 Å². The number of hydrogen-bond acceptors (Lipinski definition) is 6. The molecule has 0 aliphatic heterocycles. The summed E-state index contributed by atoms with van der Waals surface area (Å²) in [6.07, 6.45) is 3.32. The second kappa shape index (κ2) is 6.49. The molecule has 1 amide bonds. The lowest BCUT2D eigenvalue weighted by Crippen LogP contribution is -2.37. The zero-order chi connectivity index (χ0) is 15.4. The van der Waals surface area contributed by atoms with Crippen LogP contribution in [-0.2, 0) is 4.79 Å². The fourth-order valence-corrected chi connectivity index (χ4v) is 1.74. The lowest BCUT2D eigenvalue weighted by Gasteiger charge is -2.22. The molecule has 0 spiro atoms. The van der Waals surface area contributed by atoms with Crippen molar-refractivity contribution in [3.63, 3.8) is 0 Å². The number of aromatic nitrogens is 5. The summed E-state index contributed by atoms with van der Waals surface area (Å²) in [5.41, 5.74) is 0. The van der Waals surface area contributed by atoms with Crippen LogP contribution in [0.2, 0.25) is 5.28 Å². The van der Waals surface area contributed by atoms with Gasteiger partial charge in [-0.2, -0.15) is 20.1 Å². The number of carbonyl (C=O) groups excluding carboxylic acids is 1. The van der Waals surface area contributed by atoms with Crippen LogP contribution in [0, 0.1) is 0 Å². The topological polar surface area (TPSA) is 80.0 Å². The first-order chi connectivity index (χ1) is 10.0. The summed E-state index contributed by atoms with van der Waals surface area (Å²) in [6.45, 7) is 2.65. The van der Waals surface area contributed by atoms with E-state index in [-0.39, 0.29) is 17.7 Å². The SMILES string of the molecule is CCN(CC(=O)N(C)C)c1nc(Cl)nc(-n2cccn2)n1. The van der Waals surface area contributed by atoms with Gasteiger partial charge in [-0.1, -0.05) is 0 Å². The minimum Gasteiger partial charge on any atom is -0.347 e. The summed E-state index contributed by atoms with van der Waals surface area (Å²) < 4.78 is 1.48. The highest BCUT2D eigenvalue weighted by molar-refractivity contribution is 6.28. The fourth-order valence-electron chi connectivity index (χ4n) is 1.59. The zero-order valence-electron chi connectivity index (χ0n) is 12.1. The molecule has 0 N–H and O–H groups in total. The molecule has 2 heterocycles. The van der Waals surface area contributed by atoms with Gasteiger partial charge in [0.15, 0.2) is 0 Å². The predicted octanol–water partition coefficient (Wildman–Crippen LogP) is 0.625. The van der Waals surface area contributed by atoms with Gasteiger partial charge in [-0.05, 0) is 24.6 Å². The van der Waals surface area contributed by atoms with Gasteiger partial charge < -0.3 is 9.80 Å². The molecular weight excluding hydrogens is 294 g/mol. The Bertz CT molecular complexity index is 614. The van der Waals surface area contributed by atoms with Crippen molar-refractivity contribution in [3.8, 4) is 5.95 Å². The first-order valence-corrected chi connectivity index (χ1v) is 6.75. The average molecular weight is 310 g/mol. The lowest BCUT2D eigenvalue weighted by molar-refractivity contribution is -0.127. The summed E-state index contributed by atoms with van der Waals surface area (Å²) in [4.78, 5) is 27.5. The van der Waals surface area contributed by atoms with Crippen LogP contribution in [0.3, 0.4) is 0 Å². The van der Waals surface area contributed by atoms with E-state index in [1.165, 1.54) is 9.58 Å². The third kappa shape index (κ3) is 3.66. The van der Waals surface area contributed by atoms with Crippen molar-refractivity contribution in [1.82, 2.24) is 29.6 Å². The smallest absolute Gasteiger partial charge is 0.256 e. The molecule has 0 saturated carbocycles. The Hall–Kier alpha value is -2.22. The first-order valence-electron chi connectivity index (χ1n) is 6.38. The normalized spacial score (nSPS) is 10.5. The van der Waals surface area contributed by atoms with Gasteiger partial charge in [0.2, 0.25) is 17.1 Å². The minimum absolute atomic E-state index is 0.0472. The van der Waals surface area contributed by atoms with E-state index in [1.54, 1.807) is 37.5 Å². The van der Waals surface area contributed by atoms with Crippen molar-refractivity contribution in [1.29, 1.82) is 0 Å². The molecule has 0 unspecified atom stereocenters. The van der Waals surface area contributed by atoms with E-state index in [0.29, 0.717) is 18.4 Å². The molecule has 21 heavy (non-hydrogen) atoms. The Morgan fingerprint density at radius 3 is 2.67 bits per heavy atom. The third-order valence-corrected chi connectivity index (χ3v) is 2.95. The standard InChI is InChI=1S/C12H16ClN7O/c1-4-19(8-9(21)18(2)3)11-15-10(13)16-12(17-11)20-7-5-6-14-20/h5-7H,4,8H2,1-3H3. The van der Waals surface area contributed by atoms with Gasteiger partial charge in [0.1, 0.15) is 0 Å². The van der Waals surface area contributed by atoms with Gasteiger partial charge >= 0.3 is 0 Å². The van der Waals surface area contributed by atoms with Gasteiger partial charge in [0.05, 0.1) is 6.54 Å². The van der Waals surface area contributed by atoms with E-state index >= 15 is 0 Å². The van der Waals surface area contributed by atoms with Gasteiger partial charge in [-0.25, -0.2) is 4.68 Å². The molecule has 0 saturated heterocycles. The Morgan fingerprint density at radius 2 is 2.10 bits per heavy atom. The summed E-state index contributed by atoms with van der Waals surface area (Å²) in [5.74, 6) is 0.609. The van der Waals surface area contributed by atoms with Crippen molar-refractivity contribution in [2.75, 3.05) is 32.1 Å². The Balaban J connectivity index is 2.31. The van der Waals surface area contributed by atoms with Gasteiger partial charge in [0, 0.05) is 33.0 Å². The van der Waals surface area contributed by atoms with Crippen LogP contribution in [0.5, 0.6) is 0 Å². The van der Waals surface area contributed by atoms with Crippen LogP contribution in [0.15, 0.2) is 18.5 Å². The molecule has 0 aliphatic rings. The van der Waals surface area contributed by atoms with Gasteiger partial charge in [-0.15, -0.1) is 0 Å². The monoisotopic (exact) mass is 309 g/mol. The van der Waals surface area contributed by atoms with Crippen LogP contribution in [0.25, 0.3) is 5.95 Å². The van der Waals surface area contributed by atoms with Crippen molar-refractivity contribution in [2.45, 2.75) is 6.92 Å². The largest absolute Gasteiger partial charge is 0.347 e. The maximum atomic E-state index is 11.8. The molecule has 9 heteroatoms. The molecule has 8 nitrogen and oxygen atoms in total. The van der Waals surface area contributed by atoms with E-state index in [2.05, 4.69) is 20.1 Å². The number of rotatable bonds is 5. The number of halogens is 1. The number of hydrogen-bond donors (Lipinski definition) is 0. The van der Waals surface area contributed by atoms with E-state index in [4.69, 9.17) is 11.6 Å². The number of carbonyl (C=O) groups is 1. The Morgan fingerprint density at radius 1 is 1.33 bits per heavy atom. The molecule has 0 aromatic carbocycles. The van der Waals surface area contributed by atoms with Crippen molar-refractivity contribution >= 4 is 23.5 Å². The van der Waals surface area contributed by atoms with Crippen LogP contribution in [0.1, 0.15) is 6.92 Å². The highest BCUT2D eigenvalue weighted by Gasteiger charge is 2.16. The first kappa shape index (κ1) is 15.2. The number of likely N-dealkylation sites (N-methyl/N-ethyl adjacent to an activating group) is 2. The molecule has 2 aromatic heterocycles. The molecule has 0 aliphatic carbocycles. The molecule has 112 valence electrons. The van der Waals surface area contributed by atoms with Crippen LogP contribution >= 0.6 is 11.6 Å². The predicted molar refractivity (Wildman–Crippen MR) is 78.5 cm³/mol. The Labute approximate surface area is 127 Å². The maximum Gasteiger partial charge on any atom is 0.256 e.